The molecule has 4 rings (SSSR count). The number of anilines is 1. The van der Waals surface area contributed by atoms with Crippen molar-refractivity contribution in [2.75, 3.05) is 18.1 Å². The number of carbonyl (C=O) groups excluding carboxylic acids is 2. The fourth-order valence-corrected chi connectivity index (χ4v) is 4.00. The van der Waals surface area contributed by atoms with E-state index in [1.807, 2.05) is 59.2 Å². The van der Waals surface area contributed by atoms with E-state index < -0.39 is 0 Å². The molecule has 0 saturated heterocycles. The van der Waals surface area contributed by atoms with Gasteiger partial charge in [-0.3, -0.25) is 14.2 Å². The van der Waals surface area contributed by atoms with Crippen LogP contribution >= 0.6 is 11.8 Å². The number of hydrogen-bond acceptors (Lipinski definition) is 6. The molecule has 4 aromatic rings. The summed E-state index contributed by atoms with van der Waals surface area (Å²) in [7, 11) is 1.59. The van der Waals surface area contributed by atoms with Crippen LogP contribution in [0.1, 0.15) is 11.1 Å². The first-order chi connectivity index (χ1) is 16.1. The van der Waals surface area contributed by atoms with E-state index in [1.165, 1.54) is 11.8 Å². The Bertz CT molecular complexity index is 1220. The fraction of sp³-hybridized carbons (Fsp3) is 0.167. The normalized spacial score (nSPS) is 10.7. The average molecular weight is 462 g/mol. The summed E-state index contributed by atoms with van der Waals surface area (Å²) in [5, 5.41) is 14.7. The summed E-state index contributed by atoms with van der Waals surface area (Å²) in [4.78, 5) is 24.5. The largest absolute Gasteiger partial charge is 0.461 e. The molecular formula is C24H23N5O3S. The zero-order valence-electron chi connectivity index (χ0n) is 18.0. The SMILES string of the molecule is CNC(=O)Cc1ccccc1NC(=O)CSc1nnc(-c2ccco2)n1Cc1ccccc1. The lowest BCUT2D eigenvalue weighted by Gasteiger charge is -2.11. The van der Waals surface area contributed by atoms with Gasteiger partial charge < -0.3 is 15.1 Å². The Balaban J connectivity index is 1.48. The highest BCUT2D eigenvalue weighted by Crippen LogP contribution is 2.26. The minimum atomic E-state index is -0.196. The molecule has 0 radical (unpaired) electrons. The van der Waals surface area contributed by atoms with E-state index in [4.69, 9.17) is 4.42 Å². The van der Waals surface area contributed by atoms with Crippen molar-refractivity contribution in [3.05, 3.63) is 84.1 Å². The molecule has 8 nitrogen and oxygen atoms in total. The third kappa shape index (κ3) is 5.69. The number of rotatable bonds is 9. The molecule has 2 amide bonds. The molecular weight excluding hydrogens is 438 g/mol. The molecule has 0 spiro atoms. The Morgan fingerprint density at radius 3 is 2.52 bits per heavy atom. The summed E-state index contributed by atoms with van der Waals surface area (Å²) < 4.78 is 7.46. The smallest absolute Gasteiger partial charge is 0.234 e. The van der Waals surface area contributed by atoms with Gasteiger partial charge in [0, 0.05) is 12.7 Å². The lowest BCUT2D eigenvalue weighted by atomic mass is 10.1. The standard InChI is InChI=1S/C24H23N5O3S/c1-25-21(30)14-18-10-5-6-11-19(18)26-22(31)16-33-24-28-27-23(20-12-7-13-32-20)29(24)15-17-8-3-2-4-9-17/h2-13H,14-16H2,1H3,(H,25,30)(H,26,31). The van der Waals surface area contributed by atoms with Gasteiger partial charge in [0.25, 0.3) is 0 Å². The second-order valence-electron chi connectivity index (χ2n) is 7.20. The van der Waals surface area contributed by atoms with Crippen molar-refractivity contribution in [1.29, 1.82) is 0 Å². The third-order valence-corrected chi connectivity index (χ3v) is 5.86. The number of likely N-dealkylation sites (N-methyl/N-ethyl adjacent to an activating group) is 1. The highest BCUT2D eigenvalue weighted by Gasteiger charge is 2.18. The van der Waals surface area contributed by atoms with E-state index in [0.717, 1.165) is 11.1 Å². The summed E-state index contributed by atoms with van der Waals surface area (Å²) in [6, 6.07) is 20.9. The van der Waals surface area contributed by atoms with Gasteiger partial charge in [-0.05, 0) is 29.3 Å². The number of hydrogen-bond donors (Lipinski definition) is 2. The summed E-state index contributed by atoms with van der Waals surface area (Å²) in [5.74, 6) is 1.03. The van der Waals surface area contributed by atoms with Gasteiger partial charge in [0.2, 0.25) is 17.6 Å². The molecule has 33 heavy (non-hydrogen) atoms. The van der Waals surface area contributed by atoms with Crippen LogP contribution in [0.2, 0.25) is 0 Å². The first-order valence-corrected chi connectivity index (χ1v) is 11.3. The number of amides is 2. The summed E-state index contributed by atoms with van der Waals surface area (Å²) in [6.07, 6.45) is 1.78. The number of nitrogens with zero attached hydrogens (tertiary/aromatic N) is 3. The Morgan fingerprint density at radius 1 is 0.970 bits per heavy atom. The number of aromatic nitrogens is 3. The van der Waals surface area contributed by atoms with E-state index in [1.54, 1.807) is 25.4 Å². The maximum absolute atomic E-state index is 12.7. The third-order valence-electron chi connectivity index (χ3n) is 4.90. The zero-order chi connectivity index (χ0) is 23.0. The predicted octanol–water partition coefficient (Wildman–Crippen LogP) is 3.61. The molecule has 2 aromatic heterocycles. The Morgan fingerprint density at radius 2 is 1.76 bits per heavy atom. The van der Waals surface area contributed by atoms with Crippen molar-refractivity contribution >= 4 is 29.3 Å². The van der Waals surface area contributed by atoms with Gasteiger partial charge in [0.05, 0.1) is 25.0 Å². The van der Waals surface area contributed by atoms with Crippen LogP contribution in [-0.4, -0.2) is 39.4 Å². The maximum atomic E-state index is 12.7. The lowest BCUT2D eigenvalue weighted by molar-refractivity contribution is -0.120. The molecule has 0 bridgehead atoms. The summed E-state index contributed by atoms with van der Waals surface area (Å²) in [6.45, 7) is 0.544. The van der Waals surface area contributed by atoms with Crippen LogP contribution in [0.15, 0.2) is 82.6 Å². The van der Waals surface area contributed by atoms with Crippen LogP contribution in [0.25, 0.3) is 11.6 Å². The molecule has 9 heteroatoms. The van der Waals surface area contributed by atoms with Crippen molar-refractivity contribution in [2.45, 2.75) is 18.1 Å². The van der Waals surface area contributed by atoms with Crippen molar-refractivity contribution in [3.8, 4) is 11.6 Å². The second kappa shape index (κ2) is 10.6. The minimum absolute atomic E-state index is 0.120. The molecule has 0 aliphatic heterocycles. The van der Waals surface area contributed by atoms with Crippen LogP contribution in [0.4, 0.5) is 5.69 Å². The van der Waals surface area contributed by atoms with Crippen molar-refractivity contribution in [2.24, 2.45) is 0 Å². The van der Waals surface area contributed by atoms with Gasteiger partial charge in [0.15, 0.2) is 10.9 Å². The van der Waals surface area contributed by atoms with E-state index >= 15 is 0 Å². The first-order valence-electron chi connectivity index (χ1n) is 10.4. The molecule has 0 aliphatic carbocycles. The monoisotopic (exact) mass is 461 g/mol. The van der Waals surface area contributed by atoms with Gasteiger partial charge in [0.1, 0.15) is 0 Å². The van der Waals surface area contributed by atoms with E-state index in [-0.39, 0.29) is 24.0 Å². The summed E-state index contributed by atoms with van der Waals surface area (Å²) in [5.41, 5.74) is 2.45. The molecule has 2 aromatic carbocycles. The average Bonchev–Trinajstić information content (AvgIpc) is 3.50. The Labute approximate surface area is 195 Å². The van der Waals surface area contributed by atoms with E-state index in [0.29, 0.717) is 29.0 Å². The number of carbonyl (C=O) groups is 2. The quantitative estimate of drug-likeness (QED) is 0.369. The number of para-hydroxylation sites is 1. The van der Waals surface area contributed by atoms with Gasteiger partial charge in [-0.15, -0.1) is 10.2 Å². The number of nitrogens with one attached hydrogen (secondary N) is 2. The highest BCUT2D eigenvalue weighted by atomic mass is 32.2. The van der Waals surface area contributed by atoms with Crippen LogP contribution in [-0.2, 0) is 22.6 Å². The van der Waals surface area contributed by atoms with Gasteiger partial charge in [-0.25, -0.2) is 0 Å². The molecule has 0 fully saturated rings. The van der Waals surface area contributed by atoms with E-state index in [2.05, 4.69) is 20.8 Å². The first kappa shape index (κ1) is 22.3. The number of benzene rings is 2. The molecule has 0 saturated carbocycles. The van der Waals surface area contributed by atoms with Crippen LogP contribution in [0.3, 0.4) is 0 Å². The fourth-order valence-electron chi connectivity index (χ4n) is 3.27. The van der Waals surface area contributed by atoms with E-state index in [9.17, 15) is 9.59 Å². The van der Waals surface area contributed by atoms with Crippen molar-refractivity contribution in [3.63, 3.8) is 0 Å². The Kier molecular flexibility index (Phi) is 7.21. The van der Waals surface area contributed by atoms with Crippen LogP contribution in [0, 0.1) is 0 Å². The van der Waals surface area contributed by atoms with Crippen LogP contribution < -0.4 is 10.6 Å². The highest BCUT2D eigenvalue weighted by molar-refractivity contribution is 7.99. The zero-order valence-corrected chi connectivity index (χ0v) is 18.8. The topological polar surface area (TPSA) is 102 Å². The van der Waals surface area contributed by atoms with Gasteiger partial charge in [-0.1, -0.05) is 60.3 Å². The number of thioether (sulfide) groups is 1. The second-order valence-corrected chi connectivity index (χ2v) is 8.14. The van der Waals surface area contributed by atoms with Crippen molar-refractivity contribution < 1.29 is 14.0 Å². The molecule has 168 valence electrons. The molecule has 2 heterocycles. The Hall–Kier alpha value is -3.85. The molecule has 2 N–H and O–H groups in total. The van der Waals surface area contributed by atoms with Crippen LogP contribution in [0.5, 0.6) is 0 Å². The van der Waals surface area contributed by atoms with Gasteiger partial charge >= 0.3 is 0 Å². The maximum Gasteiger partial charge on any atom is 0.234 e. The lowest BCUT2D eigenvalue weighted by Crippen LogP contribution is -2.22. The predicted molar refractivity (Wildman–Crippen MR) is 127 cm³/mol. The van der Waals surface area contributed by atoms with Crippen molar-refractivity contribution in [1.82, 2.24) is 20.1 Å². The molecule has 0 unspecified atom stereocenters. The molecule has 0 aliphatic rings. The minimum Gasteiger partial charge on any atom is -0.461 e. The number of furan rings is 1. The van der Waals surface area contributed by atoms with Gasteiger partial charge in [-0.2, -0.15) is 0 Å². The molecule has 0 atom stereocenters. The summed E-state index contributed by atoms with van der Waals surface area (Å²) >= 11 is 1.29.